The van der Waals surface area contributed by atoms with Gasteiger partial charge in [0.15, 0.2) is 11.5 Å². The number of hydrogen-bond acceptors (Lipinski definition) is 4. The molecule has 6 heteroatoms. The summed E-state index contributed by atoms with van der Waals surface area (Å²) in [6, 6.07) is 6.02. The second-order valence-electron chi connectivity index (χ2n) is 8.63. The molecule has 0 atom stereocenters. The number of urea groups is 1. The highest BCUT2D eigenvalue weighted by molar-refractivity contribution is 5.74. The molecule has 1 aromatic rings. The van der Waals surface area contributed by atoms with Crippen LogP contribution in [0.1, 0.15) is 46.1 Å². The SMILES string of the molecule is CC1(C)CC(NC(=O)NCCc2ccc3c(c2)OCCO3)CC(C)(C)N1. The van der Waals surface area contributed by atoms with E-state index in [1.54, 1.807) is 0 Å². The molecule has 3 rings (SSSR count). The standard InChI is InChI=1S/C20H31N3O3/c1-19(2)12-15(13-20(3,4)23-19)22-18(24)21-8-7-14-5-6-16-17(11-14)26-10-9-25-16/h5-6,11,15,23H,7-10,12-13H2,1-4H3,(H2,21,22,24). The molecule has 2 heterocycles. The molecule has 1 saturated heterocycles. The smallest absolute Gasteiger partial charge is 0.315 e. The van der Waals surface area contributed by atoms with Crippen molar-refractivity contribution < 1.29 is 14.3 Å². The Labute approximate surface area is 156 Å². The molecule has 2 amide bonds. The van der Waals surface area contributed by atoms with Gasteiger partial charge in [-0.1, -0.05) is 6.07 Å². The largest absolute Gasteiger partial charge is 0.486 e. The van der Waals surface area contributed by atoms with Gasteiger partial charge in [-0.2, -0.15) is 0 Å². The first-order valence-corrected chi connectivity index (χ1v) is 9.45. The summed E-state index contributed by atoms with van der Waals surface area (Å²) < 4.78 is 11.1. The zero-order valence-electron chi connectivity index (χ0n) is 16.3. The Hall–Kier alpha value is -1.95. The lowest BCUT2D eigenvalue weighted by Gasteiger charge is -2.46. The minimum Gasteiger partial charge on any atom is -0.486 e. The molecule has 3 N–H and O–H groups in total. The minimum absolute atomic E-state index is 0.0187. The van der Waals surface area contributed by atoms with Crippen LogP contribution in [0.2, 0.25) is 0 Å². The van der Waals surface area contributed by atoms with Gasteiger partial charge in [0, 0.05) is 23.7 Å². The molecule has 0 saturated carbocycles. The quantitative estimate of drug-likeness (QED) is 0.771. The van der Waals surface area contributed by atoms with E-state index in [0.29, 0.717) is 19.8 Å². The Balaban J connectivity index is 1.46. The number of ether oxygens (including phenoxy) is 2. The van der Waals surface area contributed by atoms with E-state index in [9.17, 15) is 4.79 Å². The van der Waals surface area contributed by atoms with Gasteiger partial charge in [-0.3, -0.25) is 0 Å². The van der Waals surface area contributed by atoms with E-state index in [4.69, 9.17) is 9.47 Å². The molecule has 0 bridgehead atoms. The third kappa shape index (κ3) is 5.04. The molecule has 1 aromatic carbocycles. The van der Waals surface area contributed by atoms with Gasteiger partial charge in [-0.25, -0.2) is 4.79 Å². The summed E-state index contributed by atoms with van der Waals surface area (Å²) in [5.74, 6) is 1.58. The summed E-state index contributed by atoms with van der Waals surface area (Å²) in [6.07, 6.45) is 2.60. The number of fused-ring (bicyclic) bond motifs is 1. The van der Waals surface area contributed by atoms with Crippen molar-refractivity contribution in [3.63, 3.8) is 0 Å². The lowest BCUT2D eigenvalue weighted by atomic mass is 9.80. The summed E-state index contributed by atoms with van der Waals surface area (Å²) in [7, 11) is 0. The molecule has 0 unspecified atom stereocenters. The number of carbonyl (C=O) groups is 1. The number of carbonyl (C=O) groups excluding carboxylic acids is 1. The fourth-order valence-corrected chi connectivity index (χ4v) is 4.22. The molecule has 2 aliphatic rings. The first-order chi connectivity index (χ1) is 12.2. The first-order valence-electron chi connectivity index (χ1n) is 9.45. The van der Waals surface area contributed by atoms with Crippen LogP contribution in [0.5, 0.6) is 11.5 Å². The molecular formula is C20H31N3O3. The lowest BCUT2D eigenvalue weighted by molar-refractivity contribution is 0.147. The maximum absolute atomic E-state index is 12.3. The minimum atomic E-state index is -0.0963. The van der Waals surface area contributed by atoms with Gasteiger partial charge in [0.25, 0.3) is 0 Å². The summed E-state index contributed by atoms with van der Waals surface area (Å²) in [5, 5.41) is 9.73. The van der Waals surface area contributed by atoms with Gasteiger partial charge in [0.1, 0.15) is 13.2 Å². The average Bonchev–Trinajstić information content (AvgIpc) is 2.51. The summed E-state index contributed by atoms with van der Waals surface area (Å²) in [6.45, 7) is 10.5. The van der Waals surface area contributed by atoms with Crippen LogP contribution >= 0.6 is 0 Å². The third-order valence-electron chi connectivity index (χ3n) is 4.83. The molecule has 26 heavy (non-hydrogen) atoms. The molecule has 144 valence electrons. The van der Waals surface area contributed by atoms with Gasteiger partial charge in [-0.05, 0) is 64.7 Å². The monoisotopic (exact) mass is 361 g/mol. The van der Waals surface area contributed by atoms with Crippen molar-refractivity contribution in [3.8, 4) is 11.5 Å². The van der Waals surface area contributed by atoms with Crippen LogP contribution in [0.15, 0.2) is 18.2 Å². The molecule has 2 aliphatic heterocycles. The maximum Gasteiger partial charge on any atom is 0.315 e. The lowest BCUT2D eigenvalue weighted by Crippen LogP contribution is -2.62. The molecule has 0 aromatic heterocycles. The molecule has 6 nitrogen and oxygen atoms in total. The van der Waals surface area contributed by atoms with Crippen LogP contribution in [0.4, 0.5) is 4.79 Å². The number of hydrogen-bond donors (Lipinski definition) is 3. The Kier molecular flexibility index (Phi) is 5.32. The molecule has 0 aliphatic carbocycles. The van der Waals surface area contributed by atoms with E-state index >= 15 is 0 Å². The highest BCUT2D eigenvalue weighted by atomic mass is 16.6. The van der Waals surface area contributed by atoms with Crippen LogP contribution in [0, 0.1) is 0 Å². The van der Waals surface area contributed by atoms with Crippen LogP contribution in [0.25, 0.3) is 0 Å². The Bertz CT molecular complexity index is 642. The Morgan fingerprint density at radius 3 is 2.46 bits per heavy atom. The fourth-order valence-electron chi connectivity index (χ4n) is 4.22. The second-order valence-corrected chi connectivity index (χ2v) is 8.63. The fraction of sp³-hybridized carbons (Fsp3) is 0.650. The third-order valence-corrected chi connectivity index (χ3v) is 4.83. The first kappa shape index (κ1) is 18.8. The summed E-state index contributed by atoms with van der Waals surface area (Å²) in [5.41, 5.74) is 1.16. The van der Waals surface area contributed by atoms with Gasteiger partial charge in [-0.15, -0.1) is 0 Å². The average molecular weight is 361 g/mol. The number of piperidine rings is 1. The van der Waals surface area contributed by atoms with Crippen molar-refractivity contribution in [2.24, 2.45) is 0 Å². The predicted molar refractivity (Wildman–Crippen MR) is 102 cm³/mol. The number of amides is 2. The van der Waals surface area contributed by atoms with E-state index in [2.05, 4.69) is 43.6 Å². The zero-order valence-corrected chi connectivity index (χ0v) is 16.3. The van der Waals surface area contributed by atoms with Gasteiger partial charge >= 0.3 is 6.03 Å². The highest BCUT2D eigenvalue weighted by Crippen LogP contribution is 2.31. The number of benzene rings is 1. The predicted octanol–water partition coefficient (Wildman–Crippen LogP) is 2.61. The summed E-state index contributed by atoms with van der Waals surface area (Å²) in [4.78, 5) is 12.3. The van der Waals surface area contributed by atoms with Crippen molar-refractivity contribution in [2.75, 3.05) is 19.8 Å². The van der Waals surface area contributed by atoms with Crippen LogP contribution in [-0.4, -0.2) is 42.9 Å². The van der Waals surface area contributed by atoms with Gasteiger partial charge in [0.2, 0.25) is 0 Å². The maximum atomic E-state index is 12.3. The number of rotatable bonds is 4. The normalized spacial score (nSPS) is 21.1. The van der Waals surface area contributed by atoms with Crippen LogP contribution in [-0.2, 0) is 6.42 Å². The van der Waals surface area contributed by atoms with Crippen molar-refractivity contribution in [3.05, 3.63) is 23.8 Å². The second kappa shape index (κ2) is 7.35. The zero-order chi connectivity index (χ0) is 18.8. The molecule has 0 radical (unpaired) electrons. The molecule has 1 fully saturated rings. The van der Waals surface area contributed by atoms with E-state index in [0.717, 1.165) is 36.3 Å². The van der Waals surface area contributed by atoms with Crippen molar-refractivity contribution >= 4 is 6.03 Å². The van der Waals surface area contributed by atoms with Gasteiger partial charge in [0.05, 0.1) is 0 Å². The van der Waals surface area contributed by atoms with Crippen LogP contribution in [0.3, 0.4) is 0 Å². The van der Waals surface area contributed by atoms with Crippen molar-refractivity contribution in [1.82, 2.24) is 16.0 Å². The van der Waals surface area contributed by atoms with E-state index < -0.39 is 0 Å². The number of nitrogens with one attached hydrogen (secondary N) is 3. The topological polar surface area (TPSA) is 71.6 Å². The summed E-state index contributed by atoms with van der Waals surface area (Å²) >= 11 is 0. The van der Waals surface area contributed by atoms with Crippen molar-refractivity contribution in [1.29, 1.82) is 0 Å². The molecule has 0 spiro atoms. The Morgan fingerprint density at radius 1 is 1.12 bits per heavy atom. The van der Waals surface area contributed by atoms with E-state index in [1.807, 2.05) is 18.2 Å². The van der Waals surface area contributed by atoms with Crippen LogP contribution < -0.4 is 25.4 Å². The van der Waals surface area contributed by atoms with Gasteiger partial charge < -0.3 is 25.4 Å². The van der Waals surface area contributed by atoms with E-state index in [-0.39, 0.29) is 23.2 Å². The Morgan fingerprint density at radius 2 is 1.77 bits per heavy atom. The van der Waals surface area contributed by atoms with E-state index in [1.165, 1.54) is 0 Å². The molecular weight excluding hydrogens is 330 g/mol. The highest BCUT2D eigenvalue weighted by Gasteiger charge is 2.38. The van der Waals surface area contributed by atoms with Crippen molar-refractivity contribution in [2.45, 2.75) is 64.1 Å².